The molecule has 0 saturated carbocycles. The summed E-state index contributed by atoms with van der Waals surface area (Å²) >= 11 is 3.34. The van der Waals surface area contributed by atoms with E-state index in [1.165, 1.54) is 0 Å². The van der Waals surface area contributed by atoms with Gasteiger partial charge in [-0.15, -0.1) is 0 Å². The van der Waals surface area contributed by atoms with E-state index < -0.39 is 16.1 Å². The van der Waals surface area contributed by atoms with E-state index in [2.05, 4.69) is 21.2 Å². The minimum atomic E-state index is -3.72. The van der Waals surface area contributed by atoms with Crippen LogP contribution in [-0.2, 0) is 35.3 Å². The Morgan fingerprint density at radius 2 is 1.87 bits per heavy atom. The molecule has 0 radical (unpaired) electrons. The number of carbonyl (C=O) groups excluding carboxylic acids is 2. The SMILES string of the molecule is CCOC(CCNC(=O)CCS(=O)(=O)c1cc2c(cc1Br)CCN2C(=O)CC)OCC. The first-order chi connectivity index (χ1) is 14.7. The van der Waals surface area contributed by atoms with E-state index >= 15 is 0 Å². The number of nitrogens with zero attached hydrogens (tertiary/aromatic N) is 1. The average Bonchev–Trinajstić information content (AvgIpc) is 3.14. The number of hydrogen-bond acceptors (Lipinski definition) is 6. The van der Waals surface area contributed by atoms with E-state index in [9.17, 15) is 18.0 Å². The number of nitrogens with one attached hydrogen (secondary N) is 1. The smallest absolute Gasteiger partial charge is 0.226 e. The van der Waals surface area contributed by atoms with Gasteiger partial charge in [0.1, 0.15) is 0 Å². The maximum Gasteiger partial charge on any atom is 0.226 e. The van der Waals surface area contributed by atoms with Gasteiger partial charge in [-0.25, -0.2) is 8.42 Å². The van der Waals surface area contributed by atoms with Gasteiger partial charge < -0.3 is 19.7 Å². The van der Waals surface area contributed by atoms with Crippen molar-refractivity contribution in [2.45, 2.75) is 57.6 Å². The first-order valence-electron chi connectivity index (χ1n) is 10.6. The summed E-state index contributed by atoms with van der Waals surface area (Å²) in [5, 5.41) is 2.71. The predicted molar refractivity (Wildman–Crippen MR) is 122 cm³/mol. The van der Waals surface area contributed by atoms with Crippen molar-refractivity contribution in [3.63, 3.8) is 0 Å². The van der Waals surface area contributed by atoms with Crippen LogP contribution in [0, 0.1) is 0 Å². The van der Waals surface area contributed by atoms with Crippen LogP contribution in [0.4, 0.5) is 5.69 Å². The topological polar surface area (TPSA) is 102 Å². The van der Waals surface area contributed by atoms with Gasteiger partial charge in [-0.3, -0.25) is 9.59 Å². The van der Waals surface area contributed by atoms with Gasteiger partial charge >= 0.3 is 0 Å². The Labute approximate surface area is 192 Å². The number of ether oxygens (including phenoxy) is 2. The molecule has 31 heavy (non-hydrogen) atoms. The average molecular weight is 519 g/mol. The molecule has 8 nitrogen and oxygen atoms in total. The number of halogens is 1. The Hall–Kier alpha value is -1.49. The standard InChI is InChI=1S/C21H31BrN2O6S/c1-4-20(26)24-11-8-15-13-16(22)18(14-17(15)24)31(27,28)12-9-19(25)23-10-7-21(29-5-2)30-6-3/h13-14,21H,4-12H2,1-3H3,(H,23,25). The number of anilines is 1. The van der Waals surface area contributed by atoms with E-state index in [0.717, 1.165) is 5.56 Å². The predicted octanol–water partition coefficient (Wildman–Crippen LogP) is 2.82. The molecule has 10 heteroatoms. The summed E-state index contributed by atoms with van der Waals surface area (Å²) in [5.74, 6) is -0.713. The zero-order valence-corrected chi connectivity index (χ0v) is 20.7. The molecule has 0 atom stereocenters. The van der Waals surface area contributed by atoms with Crippen LogP contribution in [0.1, 0.15) is 45.6 Å². The highest BCUT2D eigenvalue weighted by atomic mass is 79.9. The second-order valence-electron chi connectivity index (χ2n) is 7.11. The normalized spacial score (nSPS) is 13.5. The summed E-state index contributed by atoms with van der Waals surface area (Å²) in [4.78, 5) is 26.0. The Balaban J connectivity index is 1.98. The summed E-state index contributed by atoms with van der Waals surface area (Å²) in [6.07, 6.45) is 0.975. The Morgan fingerprint density at radius 1 is 1.19 bits per heavy atom. The highest BCUT2D eigenvalue weighted by Gasteiger charge is 2.28. The van der Waals surface area contributed by atoms with E-state index in [4.69, 9.17) is 9.47 Å². The summed E-state index contributed by atoms with van der Waals surface area (Å²) in [6.45, 7) is 7.40. The fourth-order valence-corrected chi connectivity index (χ4v) is 5.87. The highest BCUT2D eigenvalue weighted by Crippen LogP contribution is 2.36. The number of benzene rings is 1. The molecule has 0 spiro atoms. The van der Waals surface area contributed by atoms with Crippen molar-refractivity contribution in [1.29, 1.82) is 0 Å². The third kappa shape index (κ3) is 7.00. The van der Waals surface area contributed by atoms with E-state index in [-0.39, 0.29) is 28.9 Å². The van der Waals surface area contributed by atoms with Crippen molar-refractivity contribution in [2.75, 3.05) is 37.0 Å². The highest BCUT2D eigenvalue weighted by molar-refractivity contribution is 9.10. The first kappa shape index (κ1) is 25.8. The van der Waals surface area contributed by atoms with Crippen molar-refractivity contribution in [3.8, 4) is 0 Å². The number of hydrogen-bond donors (Lipinski definition) is 1. The molecule has 1 aromatic carbocycles. The van der Waals surface area contributed by atoms with Crippen LogP contribution < -0.4 is 10.2 Å². The van der Waals surface area contributed by atoms with Crippen LogP contribution in [0.2, 0.25) is 0 Å². The third-order valence-corrected chi connectivity index (χ3v) is 7.64. The molecular weight excluding hydrogens is 488 g/mol. The quantitative estimate of drug-likeness (QED) is 0.426. The molecule has 1 N–H and O–H groups in total. The van der Waals surface area contributed by atoms with Gasteiger partial charge in [-0.2, -0.15) is 0 Å². The van der Waals surface area contributed by atoms with Crippen LogP contribution in [0.3, 0.4) is 0 Å². The van der Waals surface area contributed by atoms with Crippen molar-refractivity contribution < 1.29 is 27.5 Å². The molecule has 0 bridgehead atoms. The Kier molecular flexibility index (Phi) is 9.92. The lowest BCUT2D eigenvalue weighted by Crippen LogP contribution is -2.30. The molecule has 0 unspecified atom stereocenters. The lowest BCUT2D eigenvalue weighted by Gasteiger charge is -2.18. The molecule has 1 aromatic rings. The van der Waals surface area contributed by atoms with Crippen molar-refractivity contribution in [2.24, 2.45) is 0 Å². The molecule has 2 rings (SSSR count). The van der Waals surface area contributed by atoms with Gasteiger partial charge in [0.15, 0.2) is 16.1 Å². The van der Waals surface area contributed by atoms with Crippen LogP contribution in [0.15, 0.2) is 21.5 Å². The number of rotatable bonds is 12. The fourth-order valence-electron chi connectivity index (χ4n) is 3.42. The van der Waals surface area contributed by atoms with Crippen molar-refractivity contribution in [1.82, 2.24) is 5.32 Å². The third-order valence-electron chi connectivity index (χ3n) is 4.97. The monoisotopic (exact) mass is 518 g/mol. The van der Waals surface area contributed by atoms with Crippen molar-refractivity contribution in [3.05, 3.63) is 22.2 Å². The number of amides is 2. The number of fused-ring (bicyclic) bond motifs is 1. The van der Waals surface area contributed by atoms with Gasteiger partial charge in [0.05, 0.1) is 10.6 Å². The lowest BCUT2D eigenvalue weighted by atomic mass is 10.2. The number of sulfone groups is 1. The van der Waals surface area contributed by atoms with Crippen molar-refractivity contribution >= 4 is 43.3 Å². The zero-order chi connectivity index (χ0) is 23.0. The van der Waals surface area contributed by atoms with Crippen LogP contribution in [0.25, 0.3) is 0 Å². The second kappa shape index (κ2) is 11.9. The first-order valence-corrected chi connectivity index (χ1v) is 13.0. The molecule has 0 aliphatic carbocycles. The minimum Gasteiger partial charge on any atom is -0.356 e. The minimum absolute atomic E-state index is 0.0405. The van der Waals surface area contributed by atoms with E-state index in [1.807, 2.05) is 13.8 Å². The zero-order valence-electron chi connectivity index (χ0n) is 18.3. The summed E-state index contributed by atoms with van der Waals surface area (Å²) < 4.78 is 37.1. The maximum absolute atomic E-state index is 12.9. The van der Waals surface area contributed by atoms with Crippen LogP contribution >= 0.6 is 15.9 Å². The molecule has 2 amide bonds. The fraction of sp³-hybridized carbons (Fsp3) is 0.619. The van der Waals surface area contributed by atoms with Gasteiger partial charge in [-0.1, -0.05) is 6.92 Å². The molecule has 1 heterocycles. The van der Waals surface area contributed by atoms with Gasteiger partial charge in [0, 0.05) is 55.7 Å². The summed E-state index contributed by atoms with van der Waals surface area (Å²) in [6, 6.07) is 3.30. The maximum atomic E-state index is 12.9. The van der Waals surface area contributed by atoms with E-state index in [0.29, 0.717) is 55.7 Å². The molecule has 0 aromatic heterocycles. The Bertz CT molecular complexity index is 884. The van der Waals surface area contributed by atoms with Crippen LogP contribution in [0.5, 0.6) is 0 Å². The Morgan fingerprint density at radius 3 is 2.48 bits per heavy atom. The van der Waals surface area contributed by atoms with Crippen LogP contribution in [-0.4, -0.2) is 58.6 Å². The molecular formula is C21H31BrN2O6S. The second-order valence-corrected chi connectivity index (χ2v) is 10.0. The molecule has 0 saturated heterocycles. The molecule has 0 fully saturated rings. The van der Waals surface area contributed by atoms with Gasteiger partial charge in [0.2, 0.25) is 11.8 Å². The lowest BCUT2D eigenvalue weighted by molar-refractivity contribution is -0.139. The van der Waals surface area contributed by atoms with Gasteiger partial charge in [-0.05, 0) is 53.9 Å². The molecule has 1 aliphatic rings. The largest absolute Gasteiger partial charge is 0.356 e. The number of carbonyl (C=O) groups is 2. The van der Waals surface area contributed by atoms with Gasteiger partial charge in [0.25, 0.3) is 0 Å². The van der Waals surface area contributed by atoms with E-state index in [1.54, 1.807) is 24.0 Å². The molecule has 174 valence electrons. The summed E-state index contributed by atoms with van der Waals surface area (Å²) in [7, 11) is -3.72. The molecule has 1 aliphatic heterocycles. The summed E-state index contributed by atoms with van der Waals surface area (Å²) in [5.41, 5.74) is 1.57.